The van der Waals surface area contributed by atoms with E-state index in [1.807, 2.05) is 6.07 Å². The molecule has 0 bridgehead atoms. The van der Waals surface area contributed by atoms with E-state index in [1.165, 1.54) is 12.4 Å². The predicted octanol–water partition coefficient (Wildman–Crippen LogP) is 0.834. The number of aryl methyl sites for hydroxylation is 1. The van der Waals surface area contributed by atoms with Gasteiger partial charge in [0.15, 0.2) is 17.3 Å². The van der Waals surface area contributed by atoms with Crippen LogP contribution in [-0.2, 0) is 7.05 Å². The molecule has 2 heterocycles. The average Bonchev–Trinajstić information content (AvgIpc) is 2.70. The number of hydrogen-bond donors (Lipinski definition) is 1. The summed E-state index contributed by atoms with van der Waals surface area (Å²) in [6, 6.07) is 3.65. The van der Waals surface area contributed by atoms with Gasteiger partial charge in [0.1, 0.15) is 6.07 Å². The van der Waals surface area contributed by atoms with Gasteiger partial charge in [0.05, 0.1) is 7.11 Å². The Labute approximate surface area is 97.7 Å². The molecule has 2 aromatic heterocycles. The van der Waals surface area contributed by atoms with Crippen molar-refractivity contribution in [1.82, 2.24) is 19.7 Å². The maximum atomic E-state index is 8.86. The van der Waals surface area contributed by atoms with Crippen LogP contribution in [0.4, 0.5) is 11.6 Å². The van der Waals surface area contributed by atoms with Gasteiger partial charge >= 0.3 is 0 Å². The molecule has 1 N–H and O–H groups in total. The highest BCUT2D eigenvalue weighted by atomic mass is 16.5. The Kier molecular flexibility index (Phi) is 2.87. The van der Waals surface area contributed by atoms with Gasteiger partial charge < -0.3 is 10.1 Å². The van der Waals surface area contributed by atoms with Gasteiger partial charge in [-0.25, -0.2) is 14.6 Å². The lowest BCUT2D eigenvalue weighted by Crippen LogP contribution is -2.00. The molecule has 0 saturated heterocycles. The van der Waals surface area contributed by atoms with Gasteiger partial charge in [-0.1, -0.05) is 0 Å². The molecule has 0 aromatic carbocycles. The molecule has 0 saturated carbocycles. The zero-order valence-corrected chi connectivity index (χ0v) is 9.38. The fourth-order valence-electron chi connectivity index (χ4n) is 1.33. The predicted molar refractivity (Wildman–Crippen MR) is 59.8 cm³/mol. The van der Waals surface area contributed by atoms with E-state index in [0.717, 1.165) is 0 Å². The van der Waals surface area contributed by atoms with E-state index in [1.54, 1.807) is 24.9 Å². The largest absolute Gasteiger partial charge is 0.481 e. The van der Waals surface area contributed by atoms with Crippen LogP contribution in [0.2, 0.25) is 0 Å². The minimum atomic E-state index is 0.220. The van der Waals surface area contributed by atoms with Gasteiger partial charge in [0.2, 0.25) is 5.88 Å². The van der Waals surface area contributed by atoms with Crippen LogP contribution in [0.5, 0.6) is 5.88 Å². The third kappa shape index (κ3) is 2.15. The Hall–Kier alpha value is -2.62. The van der Waals surface area contributed by atoms with Crippen molar-refractivity contribution in [1.29, 1.82) is 5.26 Å². The first kappa shape index (κ1) is 10.9. The molecule has 17 heavy (non-hydrogen) atoms. The molecule has 0 aliphatic heterocycles. The maximum absolute atomic E-state index is 8.86. The summed E-state index contributed by atoms with van der Waals surface area (Å²) in [6.45, 7) is 0. The van der Waals surface area contributed by atoms with Crippen molar-refractivity contribution < 1.29 is 4.74 Å². The monoisotopic (exact) mass is 230 g/mol. The summed E-state index contributed by atoms with van der Waals surface area (Å²) in [5.41, 5.74) is 0.220. The van der Waals surface area contributed by atoms with Crippen molar-refractivity contribution in [3.05, 3.63) is 24.2 Å². The molecule has 7 nitrogen and oxygen atoms in total. The molecule has 0 amide bonds. The van der Waals surface area contributed by atoms with Crippen molar-refractivity contribution >= 4 is 11.6 Å². The molecule has 0 aliphatic carbocycles. The summed E-state index contributed by atoms with van der Waals surface area (Å²) in [5.74, 6) is 1.52. The SMILES string of the molecule is COc1cc(Nc2nccnc2C#N)nn1C. The number of nitrogens with zero attached hydrogens (tertiary/aromatic N) is 5. The maximum Gasteiger partial charge on any atom is 0.213 e. The van der Waals surface area contributed by atoms with Crippen LogP contribution >= 0.6 is 0 Å². The molecule has 0 unspecified atom stereocenters. The van der Waals surface area contributed by atoms with E-state index in [9.17, 15) is 0 Å². The second-order valence-electron chi connectivity index (χ2n) is 3.19. The third-order valence-electron chi connectivity index (χ3n) is 2.10. The molecule has 0 fully saturated rings. The lowest BCUT2D eigenvalue weighted by Gasteiger charge is -2.01. The first-order chi connectivity index (χ1) is 8.24. The summed E-state index contributed by atoms with van der Waals surface area (Å²) in [4.78, 5) is 7.91. The lowest BCUT2D eigenvalue weighted by molar-refractivity contribution is 0.373. The van der Waals surface area contributed by atoms with Gasteiger partial charge in [-0.15, -0.1) is 0 Å². The number of rotatable bonds is 3. The van der Waals surface area contributed by atoms with Crippen molar-refractivity contribution in [2.75, 3.05) is 12.4 Å². The lowest BCUT2D eigenvalue weighted by atomic mass is 10.4. The van der Waals surface area contributed by atoms with Gasteiger partial charge in [0.25, 0.3) is 0 Å². The van der Waals surface area contributed by atoms with Crippen LogP contribution in [0.25, 0.3) is 0 Å². The molecule has 86 valence electrons. The Balaban J connectivity index is 2.29. The second-order valence-corrected chi connectivity index (χ2v) is 3.19. The highest BCUT2D eigenvalue weighted by Gasteiger charge is 2.08. The van der Waals surface area contributed by atoms with E-state index < -0.39 is 0 Å². The average molecular weight is 230 g/mol. The molecule has 2 aromatic rings. The molecule has 7 heteroatoms. The number of nitriles is 1. The second kappa shape index (κ2) is 4.49. The number of ether oxygens (including phenoxy) is 1. The number of nitrogens with one attached hydrogen (secondary N) is 1. The summed E-state index contributed by atoms with van der Waals surface area (Å²) < 4.78 is 6.65. The van der Waals surface area contributed by atoms with E-state index in [4.69, 9.17) is 10.00 Å². The van der Waals surface area contributed by atoms with E-state index >= 15 is 0 Å². The van der Waals surface area contributed by atoms with Crippen LogP contribution in [0, 0.1) is 11.3 Å². The first-order valence-corrected chi connectivity index (χ1v) is 4.80. The highest BCUT2D eigenvalue weighted by molar-refractivity contribution is 5.58. The summed E-state index contributed by atoms with van der Waals surface area (Å²) in [5, 5.41) is 15.9. The number of methoxy groups -OCH3 is 1. The highest BCUT2D eigenvalue weighted by Crippen LogP contribution is 2.19. The first-order valence-electron chi connectivity index (χ1n) is 4.80. The molecule has 2 rings (SSSR count). The van der Waals surface area contributed by atoms with Gasteiger partial charge in [0, 0.05) is 25.5 Å². The van der Waals surface area contributed by atoms with Gasteiger partial charge in [-0.3, -0.25) is 0 Å². The fraction of sp³-hybridized carbons (Fsp3) is 0.200. The topological polar surface area (TPSA) is 88.7 Å². The standard InChI is InChI=1S/C10H10N6O/c1-16-9(17-2)5-8(15-16)14-10-7(6-11)12-3-4-13-10/h3-5H,1-2H3,(H,13,14,15). The van der Waals surface area contributed by atoms with Crippen LogP contribution in [0.3, 0.4) is 0 Å². The van der Waals surface area contributed by atoms with Crippen LogP contribution in [-0.4, -0.2) is 26.9 Å². The van der Waals surface area contributed by atoms with Crippen LogP contribution in [0.15, 0.2) is 18.5 Å². The van der Waals surface area contributed by atoms with Crippen molar-refractivity contribution in [2.45, 2.75) is 0 Å². The molecule has 0 radical (unpaired) electrons. The third-order valence-corrected chi connectivity index (χ3v) is 2.10. The van der Waals surface area contributed by atoms with Crippen molar-refractivity contribution in [2.24, 2.45) is 7.05 Å². The zero-order valence-electron chi connectivity index (χ0n) is 9.38. The molecule has 0 spiro atoms. The summed E-state index contributed by atoms with van der Waals surface area (Å²) >= 11 is 0. The molecular weight excluding hydrogens is 220 g/mol. The number of anilines is 2. The van der Waals surface area contributed by atoms with Gasteiger partial charge in [-0.05, 0) is 0 Å². The Morgan fingerprint density at radius 1 is 1.41 bits per heavy atom. The quantitative estimate of drug-likeness (QED) is 0.840. The van der Waals surface area contributed by atoms with Crippen LogP contribution < -0.4 is 10.1 Å². The van der Waals surface area contributed by atoms with Crippen molar-refractivity contribution in [3.63, 3.8) is 0 Å². The Bertz CT molecular complexity index is 570. The fourth-order valence-corrected chi connectivity index (χ4v) is 1.33. The smallest absolute Gasteiger partial charge is 0.213 e. The summed E-state index contributed by atoms with van der Waals surface area (Å²) in [6.07, 6.45) is 2.96. The Morgan fingerprint density at radius 2 is 2.18 bits per heavy atom. The minimum Gasteiger partial charge on any atom is -0.481 e. The van der Waals surface area contributed by atoms with Gasteiger partial charge in [-0.2, -0.15) is 10.4 Å². The molecule has 0 atom stereocenters. The van der Waals surface area contributed by atoms with E-state index in [2.05, 4.69) is 20.4 Å². The number of aromatic nitrogens is 4. The van der Waals surface area contributed by atoms with Crippen molar-refractivity contribution in [3.8, 4) is 11.9 Å². The minimum absolute atomic E-state index is 0.220. The van der Waals surface area contributed by atoms with E-state index in [0.29, 0.717) is 17.5 Å². The molecular formula is C10H10N6O. The van der Waals surface area contributed by atoms with Crippen LogP contribution in [0.1, 0.15) is 5.69 Å². The van der Waals surface area contributed by atoms with E-state index in [-0.39, 0.29) is 5.69 Å². The normalized spacial score (nSPS) is 9.71. The number of hydrogen-bond acceptors (Lipinski definition) is 6. The Morgan fingerprint density at radius 3 is 2.82 bits per heavy atom. The summed E-state index contributed by atoms with van der Waals surface area (Å²) in [7, 11) is 3.32. The zero-order chi connectivity index (χ0) is 12.3. The molecule has 0 aliphatic rings.